The van der Waals surface area contributed by atoms with Crippen molar-refractivity contribution in [3.8, 4) is 18.2 Å². The number of aldehydes is 1. The number of rotatable bonds is 18. The number of nitrogens with zero attached hydrogens (tertiary/aromatic N) is 5. The van der Waals surface area contributed by atoms with Crippen LogP contribution in [-0.2, 0) is 66.9 Å². The first-order chi connectivity index (χ1) is 62.0. The number of ether oxygens (including phenoxy) is 5. The molecule has 2 saturated heterocycles. The third-order valence-electron chi connectivity index (χ3n) is 37.9. The van der Waals surface area contributed by atoms with Gasteiger partial charge in [0.15, 0.2) is 0 Å². The van der Waals surface area contributed by atoms with Gasteiger partial charge in [-0.2, -0.15) is 15.8 Å². The molecule has 12 saturated carbocycles. The average Bonchev–Trinajstić information content (AvgIpc) is 1.54. The van der Waals surface area contributed by atoms with Crippen LogP contribution in [0.25, 0.3) is 0 Å². The summed E-state index contributed by atoms with van der Waals surface area (Å²) in [6.45, 7) is 57.1. The summed E-state index contributed by atoms with van der Waals surface area (Å²) in [5.41, 5.74) is 7.79. The summed E-state index contributed by atoms with van der Waals surface area (Å²) in [5, 5.41) is 39.4. The van der Waals surface area contributed by atoms with Gasteiger partial charge >= 0.3 is 23.9 Å². The maximum atomic E-state index is 12.4. The molecule has 14 rings (SSSR count). The van der Waals surface area contributed by atoms with Gasteiger partial charge in [-0.05, 0) is 305 Å². The highest BCUT2D eigenvalue weighted by atomic mass is 16.7. The Kier molecular flexibility index (Phi) is 37.7. The van der Waals surface area contributed by atoms with Crippen LogP contribution in [0, 0.1) is 158 Å². The Morgan fingerprint density at radius 3 is 1.37 bits per heavy atom. The lowest BCUT2D eigenvalue weighted by Gasteiger charge is -2.59. The fourth-order valence-electron chi connectivity index (χ4n) is 31.4. The van der Waals surface area contributed by atoms with E-state index in [2.05, 4.69) is 154 Å². The van der Waals surface area contributed by atoms with Crippen molar-refractivity contribution in [2.24, 2.45) is 124 Å². The van der Waals surface area contributed by atoms with E-state index >= 15 is 0 Å². The predicted octanol–water partition coefficient (Wildman–Crippen LogP) is 25.2. The first-order valence-electron chi connectivity index (χ1n) is 51.1. The molecule has 0 bridgehead atoms. The molecule has 12 aliphatic carbocycles. The SMILES string of the molecule is C=C(CC#N)C(=O)OC.C=C1CC[C@H]2C(C)(C)CCC[C@]2(C)[C@H]1C/C=C(\CC#N)C(=O)OC.C=C1CC[C@H]2C(C)(C)CCC[C@]2(CC(=O)N(C)OC)C1.C=C1CC[C@H]2C(C)(C)CCC[C@]2(CC=O)C1.COC(=O)/C(=C/C[C@H]1[C@]2(CC[C@H]3C(C)(C)CCC[C@@]31C)CO2)CC#N.CON(C)C(=O)C[C@]12CCCC(C)(C)[C@@H]1CC[C@@](C)(O)C2.C[C@H]1C[C@H]2C(C)(C)CCC[C@]2(C)[C@H]2CC(=O)OC12. The number of esters is 4. The van der Waals surface area contributed by atoms with Crippen molar-refractivity contribution in [3.05, 3.63) is 71.9 Å². The molecule has 0 aromatic rings. The number of carbonyl (C=O) groups is 7. The lowest BCUT2D eigenvalue weighted by atomic mass is 9.46. The van der Waals surface area contributed by atoms with Crippen molar-refractivity contribution >= 4 is 42.0 Å². The highest BCUT2D eigenvalue weighted by molar-refractivity contribution is 5.89. The number of aliphatic hydroxyl groups is 1. The number of amides is 2. The summed E-state index contributed by atoms with van der Waals surface area (Å²) in [5.74, 6) is 4.70. The number of hydrogen-bond donors (Lipinski definition) is 1. The molecule has 19 atom stereocenters. The van der Waals surface area contributed by atoms with Crippen molar-refractivity contribution in [3.63, 3.8) is 0 Å². The van der Waals surface area contributed by atoms with E-state index < -0.39 is 11.6 Å². The van der Waals surface area contributed by atoms with E-state index in [1.165, 1.54) is 190 Å². The van der Waals surface area contributed by atoms with Gasteiger partial charge in [0, 0.05) is 56.0 Å². The molecule has 14 fully saturated rings. The number of allylic oxidation sites excluding steroid dienone is 5. The van der Waals surface area contributed by atoms with Crippen molar-refractivity contribution in [2.75, 3.05) is 56.3 Å². The number of hydroxylamine groups is 4. The number of hydrogen-bond acceptors (Lipinski definition) is 18. The van der Waals surface area contributed by atoms with Crippen LogP contribution in [0.1, 0.15) is 381 Å². The molecule has 0 radical (unpaired) electrons. The zero-order valence-corrected chi connectivity index (χ0v) is 87.5. The zero-order valence-electron chi connectivity index (χ0n) is 87.5. The van der Waals surface area contributed by atoms with Crippen molar-refractivity contribution < 1.29 is 72.0 Å². The summed E-state index contributed by atoms with van der Waals surface area (Å²) in [4.78, 5) is 91.9. The third kappa shape index (κ3) is 25.7. The largest absolute Gasteiger partial charge is 0.466 e. The van der Waals surface area contributed by atoms with Crippen LogP contribution in [0.15, 0.2) is 71.9 Å². The van der Waals surface area contributed by atoms with Gasteiger partial charge in [-0.15, -0.1) is 0 Å². The molecular weight excluding hydrogens is 1670 g/mol. The second-order valence-electron chi connectivity index (χ2n) is 49.2. The van der Waals surface area contributed by atoms with Crippen molar-refractivity contribution in [2.45, 2.75) is 398 Å². The summed E-state index contributed by atoms with van der Waals surface area (Å²) in [6, 6.07) is 5.94. The molecule has 14 aliphatic rings. The number of methoxy groups -OCH3 is 3. The summed E-state index contributed by atoms with van der Waals surface area (Å²) in [7, 11) is 10.5. The zero-order chi connectivity index (χ0) is 99.3. The molecule has 746 valence electrons. The minimum absolute atomic E-state index is 0.00302. The average molecular weight is 1850 g/mol. The van der Waals surface area contributed by atoms with E-state index in [4.69, 9.17) is 44.4 Å². The minimum atomic E-state index is -0.643. The van der Waals surface area contributed by atoms with Crippen LogP contribution in [-0.4, -0.2) is 131 Å². The number of epoxide rings is 1. The van der Waals surface area contributed by atoms with E-state index in [1.807, 2.05) is 19.1 Å². The van der Waals surface area contributed by atoms with E-state index in [1.54, 1.807) is 27.3 Å². The molecule has 1 spiro atoms. The van der Waals surface area contributed by atoms with Crippen molar-refractivity contribution in [1.82, 2.24) is 10.1 Å². The van der Waals surface area contributed by atoms with Gasteiger partial charge in [-0.25, -0.2) is 24.5 Å². The fourth-order valence-corrected chi connectivity index (χ4v) is 31.4. The molecule has 20 nitrogen and oxygen atoms in total. The Morgan fingerprint density at radius 2 is 0.895 bits per heavy atom. The Hall–Kier alpha value is -6.76. The van der Waals surface area contributed by atoms with Crippen LogP contribution in [0.3, 0.4) is 0 Å². The second-order valence-corrected chi connectivity index (χ2v) is 49.2. The topological polar surface area (TPSA) is 285 Å². The Labute approximate surface area is 804 Å². The normalized spacial score (nSPS) is 36.2. The van der Waals surface area contributed by atoms with Gasteiger partial charge in [0.1, 0.15) is 12.4 Å². The number of carbonyl (C=O) groups excluding carboxylic acids is 7. The van der Waals surface area contributed by atoms with E-state index in [0.29, 0.717) is 110 Å². The van der Waals surface area contributed by atoms with Gasteiger partial charge in [-0.3, -0.25) is 24.1 Å². The molecule has 0 aromatic heterocycles. The molecule has 1 N–H and O–H groups in total. The minimum Gasteiger partial charge on any atom is -0.466 e. The van der Waals surface area contributed by atoms with Gasteiger partial charge < -0.3 is 33.6 Å². The molecule has 2 aliphatic heterocycles. The predicted molar refractivity (Wildman–Crippen MR) is 525 cm³/mol. The highest BCUT2D eigenvalue weighted by Crippen LogP contribution is 2.70. The maximum Gasteiger partial charge on any atom is 0.334 e. The van der Waals surface area contributed by atoms with Crippen LogP contribution in [0.4, 0.5) is 0 Å². The molecular formula is C113H179N5O15. The van der Waals surface area contributed by atoms with E-state index in [9.17, 15) is 38.7 Å². The Morgan fingerprint density at radius 1 is 0.496 bits per heavy atom. The summed E-state index contributed by atoms with van der Waals surface area (Å²) in [6.07, 6.45) is 47.3. The van der Waals surface area contributed by atoms with Gasteiger partial charge in [0.2, 0.25) is 11.8 Å². The first-order valence-corrected chi connectivity index (χ1v) is 51.1. The highest BCUT2D eigenvalue weighted by Gasteiger charge is 2.66. The summed E-state index contributed by atoms with van der Waals surface area (Å²) < 4.78 is 25.6. The van der Waals surface area contributed by atoms with Crippen LogP contribution < -0.4 is 0 Å². The molecule has 20 heteroatoms. The van der Waals surface area contributed by atoms with Gasteiger partial charge in [-0.1, -0.05) is 204 Å². The van der Waals surface area contributed by atoms with E-state index in [0.717, 1.165) is 115 Å². The van der Waals surface area contributed by atoms with Gasteiger partial charge in [0.05, 0.1) is 97.2 Å². The quantitative estimate of drug-likeness (QED) is 0.0254. The molecule has 1 unspecified atom stereocenters. The monoisotopic (exact) mass is 1850 g/mol. The number of fused-ring (bicyclic) bond motifs is 8. The molecule has 133 heavy (non-hydrogen) atoms. The third-order valence-corrected chi connectivity index (χ3v) is 37.9. The Bertz CT molecular complexity index is 4320. The van der Waals surface area contributed by atoms with Gasteiger partial charge in [0.25, 0.3) is 0 Å². The first kappa shape index (κ1) is 112. The van der Waals surface area contributed by atoms with Crippen LogP contribution >= 0.6 is 0 Å². The van der Waals surface area contributed by atoms with Crippen LogP contribution in [0.2, 0.25) is 0 Å². The van der Waals surface area contributed by atoms with Crippen LogP contribution in [0.5, 0.6) is 0 Å². The lowest BCUT2D eigenvalue weighted by Crippen LogP contribution is -2.54. The fraction of sp³-hybridized carbons (Fsp3) is 0.805. The standard InChI is InChI=1S/C21H31NO3.C21H31NO2.C17H31NO3.C17H29NO2.C16H26O2.C15H24O.C6H7NO2/c1-19(2)10-5-11-20(3)16(19)8-12-21(14-25-21)17(20)7-6-15(9-13-22)18(23)24-4;1-15-7-10-18-20(2,3)12-6-13-21(18,4)17(15)9-8-16(11-14-22)19(23)24-5;1-15(2)8-6-9-17(11-14(19)18(4)21-5)12-16(3,20)10-7-13(15)17;1-13-7-8-14-16(2,3)9-6-10-17(14,11-13)12-15(19)18(4)20-5;1-10-8-12-15(2,3)6-5-7-16(12,4)11-9-13(17)18-14(10)11;1-12-5-6-13-14(2,3)7-4-8-15(13,11-12)9-10-16;1-5(3-4-7)6(8)9-2/h6,16-17H,5,7-12,14H2,1-4H3;8,17-18H,1,6-7,9-13H2,2-5H3;13,20H,6-12H2,1-5H3;14H,1,6-12H2,2-5H3;10-12,14H,5-9H2,1-4H3;10,13H,1,4-9,11H2,2-3H3;1,3H2,2H3/b15-6+;16-8+;;;;;/t16-,17+,20-,21-;17-,18-,21+;13-,16+,17-;14-,17+;10-,11-,12-,14?,16+;13-,15-;/m000000./s1. The molecule has 2 heterocycles. The van der Waals surface area contributed by atoms with E-state index in [-0.39, 0.29) is 98.8 Å². The lowest BCUT2D eigenvalue weighted by molar-refractivity contribution is -0.181. The Balaban J connectivity index is 0.000000194. The molecule has 2 amide bonds. The second kappa shape index (κ2) is 45.0. The summed E-state index contributed by atoms with van der Waals surface area (Å²) >= 11 is 0. The maximum absolute atomic E-state index is 12.4. The smallest absolute Gasteiger partial charge is 0.334 e. The van der Waals surface area contributed by atoms with Crippen molar-refractivity contribution in [1.29, 1.82) is 15.8 Å². The molecule has 0 aromatic carbocycles. The number of nitriles is 3.